The molecule has 0 saturated heterocycles. The second-order valence-electron chi connectivity index (χ2n) is 14.5. The van der Waals surface area contributed by atoms with E-state index in [1.807, 2.05) is 18.2 Å². The highest BCUT2D eigenvalue weighted by Crippen LogP contribution is 2.07. The summed E-state index contributed by atoms with van der Waals surface area (Å²) < 4.78 is 16.5. The molecule has 0 bridgehead atoms. The number of ether oxygens (including phenoxy) is 3. The van der Waals surface area contributed by atoms with E-state index < -0.39 is 18.0 Å². The molecule has 0 radical (unpaired) electrons. The number of hydrogen-bond donors (Lipinski definition) is 0. The van der Waals surface area contributed by atoms with E-state index in [0.29, 0.717) is 19.3 Å². The minimum atomic E-state index is -0.892. The van der Waals surface area contributed by atoms with Crippen LogP contribution in [-0.2, 0) is 28.6 Å². The Morgan fingerprint density at radius 1 is 0.333 bits per heavy atom. The molecule has 1 atom stereocenters. The molecule has 0 aromatic rings. The standard InChI is InChI=1S/C57H82O6/c1-4-7-10-13-16-19-22-25-27-28-30-32-35-38-41-44-47-50-56(59)62-53-54(52-61-55(58)49-46-43-40-37-34-31-24-21-18-15-12-9-6-3)63-57(60)51-48-45-42-39-36-33-29-26-23-20-17-14-11-8-5-2/h7-12,16-21,25-27,29-32,34,36,38-41,43,45,48,54H,4-6,13-15,22-24,28,33,35,37,42,44,46-47,49-53H2,1-3H3/b10-7-,11-8-,12-9-,19-16-,20-17-,21-18-,27-25-,29-26-,32-30-,34-31-,39-36-,41-38-,43-40-,48-45-. The number of carbonyl (C=O) groups excluding carboxylic acids is 3. The molecule has 0 aliphatic heterocycles. The minimum Gasteiger partial charge on any atom is -0.462 e. The van der Waals surface area contributed by atoms with Crippen LogP contribution < -0.4 is 0 Å². The molecule has 0 aliphatic carbocycles. The molecular formula is C57H82O6. The van der Waals surface area contributed by atoms with Crippen LogP contribution >= 0.6 is 0 Å². The van der Waals surface area contributed by atoms with Crippen molar-refractivity contribution < 1.29 is 28.6 Å². The van der Waals surface area contributed by atoms with Crippen LogP contribution in [-0.4, -0.2) is 37.2 Å². The highest BCUT2D eigenvalue weighted by atomic mass is 16.6. The summed E-state index contributed by atoms with van der Waals surface area (Å²) in [5.74, 6) is -1.27. The summed E-state index contributed by atoms with van der Waals surface area (Å²) in [6.45, 7) is 6.04. The largest absolute Gasteiger partial charge is 0.462 e. The summed E-state index contributed by atoms with van der Waals surface area (Å²) in [5, 5.41) is 0. The van der Waals surface area contributed by atoms with Crippen molar-refractivity contribution in [2.45, 2.75) is 155 Å². The number of rotatable bonds is 39. The normalized spacial score (nSPS) is 13.6. The Balaban J connectivity index is 4.74. The lowest BCUT2D eigenvalue weighted by molar-refractivity contribution is -0.166. The van der Waals surface area contributed by atoms with Gasteiger partial charge >= 0.3 is 17.9 Å². The van der Waals surface area contributed by atoms with Gasteiger partial charge in [-0.1, -0.05) is 191 Å². The first-order valence-electron chi connectivity index (χ1n) is 23.6. The Kier molecular flexibility index (Phi) is 45.3. The molecular weight excluding hydrogens is 781 g/mol. The smallest absolute Gasteiger partial charge is 0.310 e. The topological polar surface area (TPSA) is 78.9 Å². The molecule has 0 rings (SSSR count). The van der Waals surface area contributed by atoms with Crippen molar-refractivity contribution in [3.63, 3.8) is 0 Å². The van der Waals surface area contributed by atoms with Crippen molar-refractivity contribution in [2.24, 2.45) is 0 Å². The highest BCUT2D eigenvalue weighted by Gasteiger charge is 2.19. The van der Waals surface area contributed by atoms with Crippen LogP contribution in [0.1, 0.15) is 149 Å². The predicted molar refractivity (Wildman–Crippen MR) is 269 cm³/mol. The molecule has 0 N–H and O–H groups in total. The SMILES string of the molecule is CC/C=C\C/C=C\C/C=C\C/C=C\C/C=C\CCCC(=O)OCC(COC(=O)CC/C=C\C/C=C\C/C=C\C/C=C\CC)OC(=O)C/C=C\C/C=C\C/C=C\C/C=C\C/C=C\CC. The first kappa shape index (κ1) is 57.8. The van der Waals surface area contributed by atoms with Crippen LogP contribution in [0.2, 0.25) is 0 Å². The molecule has 0 aromatic heterocycles. The van der Waals surface area contributed by atoms with Crippen LogP contribution in [0, 0.1) is 0 Å². The molecule has 0 spiro atoms. The van der Waals surface area contributed by atoms with E-state index in [1.165, 1.54) is 0 Å². The van der Waals surface area contributed by atoms with Crippen molar-refractivity contribution >= 4 is 17.9 Å². The first-order valence-corrected chi connectivity index (χ1v) is 23.6. The molecule has 346 valence electrons. The van der Waals surface area contributed by atoms with Gasteiger partial charge in [-0.25, -0.2) is 0 Å². The third-order valence-electron chi connectivity index (χ3n) is 8.74. The highest BCUT2D eigenvalue weighted by molar-refractivity contribution is 5.72. The van der Waals surface area contributed by atoms with E-state index in [-0.39, 0.29) is 38.4 Å². The average Bonchev–Trinajstić information content (AvgIpc) is 3.28. The van der Waals surface area contributed by atoms with Gasteiger partial charge in [0.1, 0.15) is 13.2 Å². The molecule has 6 nitrogen and oxygen atoms in total. The van der Waals surface area contributed by atoms with Crippen molar-refractivity contribution in [2.75, 3.05) is 13.2 Å². The van der Waals surface area contributed by atoms with E-state index >= 15 is 0 Å². The fourth-order valence-electron chi connectivity index (χ4n) is 5.33. The quantitative estimate of drug-likeness (QED) is 0.0265. The molecule has 1 unspecified atom stereocenters. The number of esters is 3. The summed E-state index contributed by atoms with van der Waals surface area (Å²) >= 11 is 0. The Bertz CT molecular complexity index is 1550. The lowest BCUT2D eigenvalue weighted by Crippen LogP contribution is -2.30. The molecule has 0 amide bonds. The van der Waals surface area contributed by atoms with E-state index in [4.69, 9.17) is 14.2 Å². The summed E-state index contributed by atoms with van der Waals surface area (Å²) in [5.41, 5.74) is 0. The van der Waals surface area contributed by atoms with Gasteiger partial charge < -0.3 is 14.2 Å². The fourth-order valence-corrected chi connectivity index (χ4v) is 5.33. The Labute approximate surface area is 383 Å². The van der Waals surface area contributed by atoms with Gasteiger partial charge in [0.25, 0.3) is 0 Å². The average molecular weight is 863 g/mol. The van der Waals surface area contributed by atoms with Gasteiger partial charge in [0.15, 0.2) is 6.10 Å². The van der Waals surface area contributed by atoms with Gasteiger partial charge in [-0.3, -0.25) is 14.4 Å². The molecule has 0 heterocycles. The molecule has 0 saturated carbocycles. The Morgan fingerprint density at radius 2 is 0.619 bits per heavy atom. The maximum atomic E-state index is 12.7. The number of allylic oxidation sites excluding steroid dienone is 27. The minimum absolute atomic E-state index is 0.0605. The zero-order valence-electron chi connectivity index (χ0n) is 39.2. The van der Waals surface area contributed by atoms with Gasteiger partial charge in [-0.2, -0.15) is 0 Å². The lowest BCUT2D eigenvalue weighted by atomic mass is 10.2. The zero-order chi connectivity index (χ0) is 45.8. The summed E-state index contributed by atoms with van der Waals surface area (Å²) in [4.78, 5) is 37.8. The monoisotopic (exact) mass is 863 g/mol. The second kappa shape index (κ2) is 49.4. The van der Waals surface area contributed by atoms with Gasteiger partial charge in [0, 0.05) is 12.8 Å². The third kappa shape index (κ3) is 47.7. The van der Waals surface area contributed by atoms with Gasteiger partial charge in [-0.05, 0) is 109 Å². The number of carbonyl (C=O) groups is 3. The van der Waals surface area contributed by atoms with Crippen molar-refractivity contribution in [3.05, 3.63) is 170 Å². The molecule has 6 heteroatoms. The van der Waals surface area contributed by atoms with Crippen LogP contribution in [0.5, 0.6) is 0 Å². The molecule has 0 fully saturated rings. The first-order chi connectivity index (χ1) is 31.0. The maximum absolute atomic E-state index is 12.7. The molecule has 0 aromatic carbocycles. The third-order valence-corrected chi connectivity index (χ3v) is 8.74. The van der Waals surface area contributed by atoms with E-state index in [2.05, 4.69) is 167 Å². The number of unbranched alkanes of at least 4 members (excludes halogenated alkanes) is 1. The van der Waals surface area contributed by atoms with Gasteiger partial charge in [0.2, 0.25) is 0 Å². The Morgan fingerprint density at radius 3 is 0.968 bits per heavy atom. The molecule has 63 heavy (non-hydrogen) atoms. The van der Waals surface area contributed by atoms with Crippen LogP contribution in [0.25, 0.3) is 0 Å². The van der Waals surface area contributed by atoms with E-state index in [9.17, 15) is 14.4 Å². The lowest BCUT2D eigenvalue weighted by Gasteiger charge is -2.18. The van der Waals surface area contributed by atoms with E-state index in [0.717, 1.165) is 89.9 Å². The molecule has 0 aliphatic rings. The van der Waals surface area contributed by atoms with E-state index in [1.54, 1.807) is 6.08 Å². The van der Waals surface area contributed by atoms with Crippen LogP contribution in [0.15, 0.2) is 170 Å². The zero-order valence-corrected chi connectivity index (χ0v) is 39.2. The number of hydrogen-bond acceptors (Lipinski definition) is 6. The van der Waals surface area contributed by atoms with Crippen molar-refractivity contribution in [1.82, 2.24) is 0 Å². The predicted octanol–water partition coefficient (Wildman–Crippen LogP) is 15.6. The summed E-state index contributed by atoms with van der Waals surface area (Å²) in [6, 6.07) is 0. The summed E-state index contributed by atoms with van der Waals surface area (Å²) in [6.07, 6.45) is 73.8. The van der Waals surface area contributed by atoms with Crippen LogP contribution in [0.3, 0.4) is 0 Å². The van der Waals surface area contributed by atoms with Crippen molar-refractivity contribution in [3.8, 4) is 0 Å². The van der Waals surface area contributed by atoms with Crippen molar-refractivity contribution in [1.29, 1.82) is 0 Å². The summed E-state index contributed by atoms with van der Waals surface area (Å²) in [7, 11) is 0. The maximum Gasteiger partial charge on any atom is 0.310 e. The Hall–Kier alpha value is -5.23. The second-order valence-corrected chi connectivity index (χ2v) is 14.5. The fraction of sp³-hybridized carbons (Fsp3) is 0.456. The van der Waals surface area contributed by atoms with Gasteiger partial charge in [-0.15, -0.1) is 0 Å². The van der Waals surface area contributed by atoms with Gasteiger partial charge in [0.05, 0.1) is 6.42 Å². The van der Waals surface area contributed by atoms with Crippen LogP contribution in [0.4, 0.5) is 0 Å².